The highest BCUT2D eigenvalue weighted by atomic mass is 32.2. The topological polar surface area (TPSA) is 79.8 Å². The number of rotatable bonds is 7. The summed E-state index contributed by atoms with van der Waals surface area (Å²) in [5.74, 6) is -0.714. The van der Waals surface area contributed by atoms with Gasteiger partial charge in [0.2, 0.25) is 0 Å². The van der Waals surface area contributed by atoms with E-state index in [4.69, 9.17) is 4.74 Å². The maximum absolute atomic E-state index is 12.6. The molecule has 1 aliphatic rings. The van der Waals surface area contributed by atoms with Gasteiger partial charge in [0.15, 0.2) is 5.96 Å². The predicted molar refractivity (Wildman–Crippen MR) is 86.8 cm³/mol. The van der Waals surface area contributed by atoms with Crippen LogP contribution >= 0.6 is 0 Å². The van der Waals surface area contributed by atoms with Gasteiger partial charge in [-0.2, -0.15) is 13.2 Å². The number of hydrogen-bond acceptors (Lipinski definition) is 4. The number of halogens is 3. The second kappa shape index (κ2) is 9.45. The monoisotopic (exact) mass is 373 g/mol. The molecule has 0 bridgehead atoms. The summed E-state index contributed by atoms with van der Waals surface area (Å²) in [5.41, 5.74) is 0. The molecule has 0 aromatic rings. The zero-order valence-corrected chi connectivity index (χ0v) is 14.8. The van der Waals surface area contributed by atoms with Crippen molar-refractivity contribution in [1.82, 2.24) is 10.6 Å². The van der Waals surface area contributed by atoms with Crippen molar-refractivity contribution in [2.45, 2.75) is 37.9 Å². The molecular formula is C14H26F3N3O3S. The van der Waals surface area contributed by atoms with Gasteiger partial charge < -0.3 is 15.4 Å². The Morgan fingerprint density at radius 1 is 1.21 bits per heavy atom. The van der Waals surface area contributed by atoms with Crippen molar-refractivity contribution in [1.29, 1.82) is 0 Å². The van der Waals surface area contributed by atoms with Crippen LogP contribution in [0.1, 0.15) is 25.7 Å². The summed E-state index contributed by atoms with van der Waals surface area (Å²) in [5, 5.41) is 6.11. The summed E-state index contributed by atoms with van der Waals surface area (Å²) in [6.45, 7) is 0.881. The Kier molecular flexibility index (Phi) is 8.28. The number of alkyl halides is 3. The van der Waals surface area contributed by atoms with Gasteiger partial charge in [-0.15, -0.1) is 0 Å². The quantitative estimate of drug-likeness (QED) is 0.400. The third-order valence-corrected chi connectivity index (χ3v) is 4.80. The zero-order valence-electron chi connectivity index (χ0n) is 14.0. The summed E-state index contributed by atoms with van der Waals surface area (Å²) in [6.07, 6.45) is -1.78. The van der Waals surface area contributed by atoms with Gasteiger partial charge in [-0.1, -0.05) is 0 Å². The van der Waals surface area contributed by atoms with Gasteiger partial charge in [0.1, 0.15) is 9.84 Å². The minimum absolute atomic E-state index is 0.0254. The maximum Gasteiger partial charge on any atom is 0.391 e. The first kappa shape index (κ1) is 21.0. The molecule has 1 fully saturated rings. The summed E-state index contributed by atoms with van der Waals surface area (Å²) in [4.78, 5) is 4.03. The molecule has 1 rings (SSSR count). The Hall–Kier alpha value is -1.03. The van der Waals surface area contributed by atoms with Crippen molar-refractivity contribution >= 4 is 15.8 Å². The fraction of sp³-hybridized carbons (Fsp3) is 0.929. The SMILES string of the molecule is CN=C(NCCOCCS(C)(=O)=O)NC1CCC(C(F)(F)F)CC1. The second-order valence-corrected chi connectivity index (χ2v) is 8.24. The number of nitrogens with one attached hydrogen (secondary N) is 2. The molecule has 0 atom stereocenters. The number of ether oxygens (including phenoxy) is 1. The lowest BCUT2D eigenvalue weighted by molar-refractivity contribution is -0.182. The van der Waals surface area contributed by atoms with Gasteiger partial charge in [-0.05, 0) is 25.7 Å². The van der Waals surface area contributed by atoms with Gasteiger partial charge in [0.05, 0.1) is 24.9 Å². The lowest BCUT2D eigenvalue weighted by Gasteiger charge is -2.31. The summed E-state index contributed by atoms with van der Waals surface area (Å²) < 4.78 is 64.9. The summed E-state index contributed by atoms with van der Waals surface area (Å²) in [7, 11) is -1.44. The van der Waals surface area contributed by atoms with E-state index >= 15 is 0 Å². The van der Waals surface area contributed by atoms with Gasteiger partial charge in [0.25, 0.3) is 0 Å². The molecule has 10 heteroatoms. The summed E-state index contributed by atoms with van der Waals surface area (Å²) in [6, 6.07) is -0.0269. The molecule has 0 radical (unpaired) electrons. The first-order chi connectivity index (χ1) is 11.1. The highest BCUT2D eigenvalue weighted by Crippen LogP contribution is 2.37. The minimum atomic E-state index is -4.10. The van der Waals surface area contributed by atoms with E-state index < -0.39 is 21.9 Å². The molecule has 0 aliphatic heterocycles. The molecule has 0 aromatic heterocycles. The highest BCUT2D eigenvalue weighted by Gasteiger charge is 2.41. The largest absolute Gasteiger partial charge is 0.391 e. The van der Waals surface area contributed by atoms with E-state index in [1.807, 2.05) is 0 Å². The van der Waals surface area contributed by atoms with Gasteiger partial charge in [-0.25, -0.2) is 8.42 Å². The Balaban J connectivity index is 2.20. The van der Waals surface area contributed by atoms with Crippen molar-refractivity contribution < 1.29 is 26.3 Å². The van der Waals surface area contributed by atoms with Gasteiger partial charge in [0, 0.05) is 25.9 Å². The van der Waals surface area contributed by atoms with Crippen LogP contribution in [0, 0.1) is 5.92 Å². The average Bonchev–Trinajstić information content (AvgIpc) is 2.48. The van der Waals surface area contributed by atoms with E-state index in [2.05, 4.69) is 15.6 Å². The second-order valence-electron chi connectivity index (χ2n) is 5.98. The van der Waals surface area contributed by atoms with E-state index in [0.717, 1.165) is 6.26 Å². The molecule has 142 valence electrons. The number of hydrogen-bond donors (Lipinski definition) is 2. The van der Waals surface area contributed by atoms with E-state index in [-0.39, 0.29) is 31.2 Å². The maximum atomic E-state index is 12.6. The van der Waals surface area contributed by atoms with Crippen molar-refractivity contribution in [3.8, 4) is 0 Å². The van der Waals surface area contributed by atoms with Crippen LogP contribution in [0.15, 0.2) is 4.99 Å². The van der Waals surface area contributed by atoms with Crippen molar-refractivity contribution in [3.63, 3.8) is 0 Å². The molecule has 0 spiro atoms. The molecule has 0 aromatic carbocycles. The number of nitrogens with zero attached hydrogens (tertiary/aromatic N) is 1. The molecule has 24 heavy (non-hydrogen) atoms. The molecular weight excluding hydrogens is 347 g/mol. The van der Waals surface area contributed by atoms with Crippen LogP contribution in [0.3, 0.4) is 0 Å². The molecule has 0 saturated heterocycles. The molecule has 0 amide bonds. The van der Waals surface area contributed by atoms with Crippen molar-refractivity contribution in [2.24, 2.45) is 10.9 Å². The first-order valence-corrected chi connectivity index (χ1v) is 9.97. The van der Waals surface area contributed by atoms with Crippen LogP contribution in [-0.2, 0) is 14.6 Å². The van der Waals surface area contributed by atoms with Crippen LogP contribution in [0.5, 0.6) is 0 Å². The molecule has 2 N–H and O–H groups in total. The molecule has 1 aliphatic carbocycles. The van der Waals surface area contributed by atoms with Crippen LogP contribution < -0.4 is 10.6 Å². The van der Waals surface area contributed by atoms with Gasteiger partial charge >= 0.3 is 6.18 Å². The van der Waals surface area contributed by atoms with Crippen LogP contribution in [0.25, 0.3) is 0 Å². The number of sulfone groups is 1. The van der Waals surface area contributed by atoms with Crippen molar-refractivity contribution in [2.75, 3.05) is 38.8 Å². The third-order valence-electron chi connectivity index (χ3n) is 3.89. The smallest absolute Gasteiger partial charge is 0.379 e. The Morgan fingerprint density at radius 2 is 1.83 bits per heavy atom. The zero-order chi connectivity index (χ0) is 18.2. The van der Waals surface area contributed by atoms with Crippen LogP contribution in [-0.4, -0.2) is 65.4 Å². The molecule has 6 nitrogen and oxygen atoms in total. The Labute approximate surface area is 141 Å². The van der Waals surface area contributed by atoms with Crippen LogP contribution in [0.2, 0.25) is 0 Å². The lowest BCUT2D eigenvalue weighted by atomic mass is 9.85. The van der Waals surface area contributed by atoms with E-state index in [1.165, 1.54) is 0 Å². The third kappa shape index (κ3) is 8.72. The van der Waals surface area contributed by atoms with E-state index in [9.17, 15) is 21.6 Å². The normalized spacial score (nSPS) is 23.1. The molecule has 1 saturated carbocycles. The van der Waals surface area contributed by atoms with Crippen molar-refractivity contribution in [3.05, 3.63) is 0 Å². The highest BCUT2D eigenvalue weighted by molar-refractivity contribution is 7.90. The first-order valence-electron chi connectivity index (χ1n) is 7.91. The summed E-state index contributed by atoms with van der Waals surface area (Å²) >= 11 is 0. The molecule has 0 unspecified atom stereocenters. The standard InChI is InChI=1S/C14H26F3N3O3S/c1-18-13(19-7-8-23-9-10-24(2,21)22)20-12-5-3-11(4-6-12)14(15,16)17/h11-12H,3-10H2,1-2H3,(H2,18,19,20). The average molecular weight is 373 g/mol. The van der Waals surface area contributed by atoms with E-state index in [1.54, 1.807) is 7.05 Å². The lowest BCUT2D eigenvalue weighted by Crippen LogP contribution is -2.46. The Bertz CT molecular complexity index is 501. The number of aliphatic imine (C=N–C) groups is 1. The van der Waals surface area contributed by atoms with Gasteiger partial charge in [-0.3, -0.25) is 4.99 Å². The Morgan fingerprint density at radius 3 is 2.33 bits per heavy atom. The fourth-order valence-electron chi connectivity index (χ4n) is 2.51. The minimum Gasteiger partial charge on any atom is -0.379 e. The van der Waals surface area contributed by atoms with E-state index in [0.29, 0.717) is 32.0 Å². The fourth-order valence-corrected chi connectivity index (χ4v) is 2.93. The van der Waals surface area contributed by atoms with Crippen LogP contribution in [0.4, 0.5) is 13.2 Å². The number of guanidine groups is 1. The molecule has 0 heterocycles. The predicted octanol–water partition coefficient (Wildman–Crippen LogP) is 1.33.